The highest BCUT2D eigenvalue weighted by atomic mass is 16.5. The van der Waals surface area contributed by atoms with Crippen molar-refractivity contribution in [3.63, 3.8) is 0 Å². The predicted octanol–water partition coefficient (Wildman–Crippen LogP) is 2.10. The molecule has 6 heteroatoms. The van der Waals surface area contributed by atoms with Gasteiger partial charge in [-0.3, -0.25) is 9.78 Å². The lowest BCUT2D eigenvalue weighted by atomic mass is 10.1. The Morgan fingerprint density at radius 1 is 1.14 bits per heavy atom. The van der Waals surface area contributed by atoms with E-state index in [9.17, 15) is 4.79 Å². The summed E-state index contributed by atoms with van der Waals surface area (Å²) in [6, 6.07) is 13.5. The predicted molar refractivity (Wildman–Crippen MR) is 80.0 cm³/mol. The van der Waals surface area contributed by atoms with Gasteiger partial charge in [0.25, 0.3) is 0 Å². The molecule has 2 aromatic heterocycles. The lowest BCUT2D eigenvalue weighted by molar-refractivity contribution is 0.0910. The minimum atomic E-state index is -0.376. The van der Waals surface area contributed by atoms with Gasteiger partial charge in [0.2, 0.25) is 5.82 Å². The molecule has 0 spiro atoms. The van der Waals surface area contributed by atoms with Crippen molar-refractivity contribution in [2.75, 3.05) is 6.54 Å². The Morgan fingerprint density at radius 2 is 2.00 bits per heavy atom. The summed E-state index contributed by atoms with van der Waals surface area (Å²) in [6.45, 7) is 0.507. The van der Waals surface area contributed by atoms with Gasteiger partial charge in [0.05, 0.1) is 0 Å². The summed E-state index contributed by atoms with van der Waals surface area (Å²) < 4.78 is 4.98. The number of nitrogens with one attached hydrogen (secondary N) is 1. The first-order chi connectivity index (χ1) is 10.8. The highest BCUT2D eigenvalue weighted by molar-refractivity contribution is 5.89. The number of carbonyl (C=O) groups excluding carboxylic acids is 1. The van der Waals surface area contributed by atoms with Crippen molar-refractivity contribution in [1.82, 2.24) is 20.4 Å². The van der Waals surface area contributed by atoms with Crippen LogP contribution >= 0.6 is 0 Å². The molecule has 0 aliphatic carbocycles. The van der Waals surface area contributed by atoms with E-state index >= 15 is 0 Å². The molecule has 3 rings (SSSR count). The van der Waals surface area contributed by atoms with Crippen molar-refractivity contribution >= 4 is 5.91 Å². The molecule has 3 aromatic rings. The molecule has 0 unspecified atom stereocenters. The minimum Gasteiger partial charge on any atom is -0.347 e. The Hall–Kier alpha value is -3.02. The number of hydrogen-bond acceptors (Lipinski definition) is 5. The Balaban J connectivity index is 1.58. The molecule has 0 aliphatic rings. The van der Waals surface area contributed by atoms with Crippen molar-refractivity contribution in [1.29, 1.82) is 0 Å². The number of amides is 1. The van der Waals surface area contributed by atoms with Crippen LogP contribution in [0.2, 0.25) is 0 Å². The fourth-order valence-electron chi connectivity index (χ4n) is 1.97. The zero-order valence-corrected chi connectivity index (χ0v) is 11.8. The van der Waals surface area contributed by atoms with Crippen LogP contribution < -0.4 is 5.32 Å². The van der Waals surface area contributed by atoms with Gasteiger partial charge in [-0.25, -0.2) is 0 Å². The molecule has 1 amide bonds. The molecule has 110 valence electrons. The first-order valence-corrected chi connectivity index (χ1v) is 6.89. The van der Waals surface area contributed by atoms with Crippen LogP contribution in [0, 0.1) is 0 Å². The van der Waals surface area contributed by atoms with Crippen molar-refractivity contribution in [2.45, 2.75) is 6.42 Å². The average Bonchev–Trinajstić information content (AvgIpc) is 3.07. The third kappa shape index (κ3) is 3.35. The molecule has 22 heavy (non-hydrogen) atoms. The maximum atomic E-state index is 12.0. The summed E-state index contributed by atoms with van der Waals surface area (Å²) in [4.78, 5) is 20.0. The first kappa shape index (κ1) is 13.9. The Kier molecular flexibility index (Phi) is 4.20. The fourth-order valence-corrected chi connectivity index (χ4v) is 1.97. The van der Waals surface area contributed by atoms with E-state index in [2.05, 4.69) is 20.4 Å². The number of pyridine rings is 1. The second-order valence-corrected chi connectivity index (χ2v) is 4.66. The van der Waals surface area contributed by atoms with Gasteiger partial charge >= 0.3 is 11.8 Å². The van der Waals surface area contributed by atoms with Crippen LogP contribution in [0.25, 0.3) is 11.4 Å². The second-order valence-electron chi connectivity index (χ2n) is 4.66. The number of rotatable bonds is 5. The lowest BCUT2D eigenvalue weighted by Gasteiger charge is -2.02. The maximum absolute atomic E-state index is 12.0. The normalized spacial score (nSPS) is 10.4. The van der Waals surface area contributed by atoms with Gasteiger partial charge in [-0.2, -0.15) is 4.98 Å². The largest absolute Gasteiger partial charge is 0.347 e. The standard InChI is InChI=1S/C16H14N4O2/c21-15(18-10-8-12-5-2-1-3-6-12)16-19-14(20-22-16)13-7-4-9-17-11-13/h1-7,9,11H,8,10H2,(H,18,21). The highest BCUT2D eigenvalue weighted by Gasteiger charge is 2.15. The van der Waals surface area contributed by atoms with Gasteiger partial charge < -0.3 is 9.84 Å². The summed E-state index contributed by atoms with van der Waals surface area (Å²) >= 11 is 0. The molecular formula is C16H14N4O2. The van der Waals surface area contributed by atoms with Crippen LogP contribution in [0.15, 0.2) is 59.4 Å². The molecule has 1 aromatic carbocycles. The van der Waals surface area contributed by atoms with Gasteiger partial charge in [0.1, 0.15) is 0 Å². The number of hydrogen-bond donors (Lipinski definition) is 1. The summed E-state index contributed by atoms with van der Waals surface area (Å²) in [5.41, 5.74) is 1.86. The smallest absolute Gasteiger partial charge is 0.316 e. The highest BCUT2D eigenvalue weighted by Crippen LogP contribution is 2.13. The van der Waals surface area contributed by atoms with Crippen LogP contribution in [0.3, 0.4) is 0 Å². The number of nitrogens with zero attached hydrogens (tertiary/aromatic N) is 3. The monoisotopic (exact) mass is 294 g/mol. The average molecular weight is 294 g/mol. The van der Waals surface area contributed by atoms with Crippen molar-refractivity contribution < 1.29 is 9.32 Å². The fraction of sp³-hybridized carbons (Fsp3) is 0.125. The summed E-state index contributed by atoms with van der Waals surface area (Å²) in [5.74, 6) is -0.0770. The molecule has 2 heterocycles. The third-order valence-corrected chi connectivity index (χ3v) is 3.08. The molecule has 1 N–H and O–H groups in total. The molecule has 0 bridgehead atoms. The van der Waals surface area contributed by atoms with Crippen molar-refractivity contribution in [2.24, 2.45) is 0 Å². The van der Waals surface area contributed by atoms with Crippen LogP contribution in [-0.4, -0.2) is 27.6 Å². The third-order valence-electron chi connectivity index (χ3n) is 3.08. The zero-order valence-electron chi connectivity index (χ0n) is 11.8. The maximum Gasteiger partial charge on any atom is 0.316 e. The molecular weight excluding hydrogens is 280 g/mol. The Morgan fingerprint density at radius 3 is 2.77 bits per heavy atom. The molecule has 0 atom stereocenters. The van der Waals surface area contributed by atoms with E-state index in [1.165, 1.54) is 0 Å². The second kappa shape index (κ2) is 6.62. The molecule has 0 saturated heterocycles. The number of aromatic nitrogens is 3. The van der Waals surface area contributed by atoms with Crippen LogP contribution in [-0.2, 0) is 6.42 Å². The minimum absolute atomic E-state index is 0.0492. The molecule has 0 fully saturated rings. The molecule has 6 nitrogen and oxygen atoms in total. The van der Waals surface area contributed by atoms with Crippen LogP contribution in [0.4, 0.5) is 0 Å². The quantitative estimate of drug-likeness (QED) is 0.779. The van der Waals surface area contributed by atoms with Gasteiger partial charge in [-0.05, 0) is 24.1 Å². The van der Waals surface area contributed by atoms with Gasteiger partial charge in [-0.15, -0.1) is 0 Å². The van der Waals surface area contributed by atoms with Crippen LogP contribution in [0.5, 0.6) is 0 Å². The van der Waals surface area contributed by atoms with Crippen LogP contribution in [0.1, 0.15) is 16.2 Å². The molecule has 0 aliphatic heterocycles. The topological polar surface area (TPSA) is 80.9 Å². The molecule has 0 saturated carbocycles. The van der Waals surface area contributed by atoms with E-state index in [0.29, 0.717) is 17.9 Å². The van der Waals surface area contributed by atoms with Gasteiger partial charge in [-0.1, -0.05) is 35.5 Å². The first-order valence-electron chi connectivity index (χ1n) is 6.89. The van der Waals surface area contributed by atoms with E-state index in [4.69, 9.17) is 4.52 Å². The van der Waals surface area contributed by atoms with Crippen molar-refractivity contribution in [3.8, 4) is 11.4 Å². The van der Waals surface area contributed by atoms with Crippen molar-refractivity contribution in [3.05, 3.63) is 66.3 Å². The Bertz CT molecular complexity index is 741. The number of benzene rings is 1. The van der Waals surface area contributed by atoms with E-state index in [1.807, 2.05) is 30.3 Å². The Labute approximate surface area is 127 Å². The summed E-state index contributed by atoms with van der Waals surface area (Å²) in [5, 5.41) is 6.55. The summed E-state index contributed by atoms with van der Waals surface area (Å²) in [7, 11) is 0. The van der Waals surface area contributed by atoms with E-state index < -0.39 is 0 Å². The van der Waals surface area contributed by atoms with E-state index in [0.717, 1.165) is 12.0 Å². The lowest BCUT2D eigenvalue weighted by Crippen LogP contribution is -2.25. The van der Waals surface area contributed by atoms with E-state index in [-0.39, 0.29) is 11.8 Å². The van der Waals surface area contributed by atoms with Gasteiger partial charge in [0, 0.05) is 24.5 Å². The number of carbonyl (C=O) groups is 1. The SMILES string of the molecule is O=C(NCCc1ccccc1)c1nc(-c2cccnc2)no1. The molecule has 0 radical (unpaired) electrons. The van der Waals surface area contributed by atoms with Gasteiger partial charge in [0.15, 0.2) is 0 Å². The van der Waals surface area contributed by atoms with E-state index in [1.54, 1.807) is 24.5 Å². The zero-order chi connectivity index (χ0) is 15.2. The summed E-state index contributed by atoms with van der Waals surface area (Å²) in [6.07, 6.45) is 4.01.